The highest BCUT2D eigenvalue weighted by Gasteiger charge is 2.10. The number of thiazole rings is 1. The number of rotatable bonds is 4. The van der Waals surface area contributed by atoms with Crippen LogP contribution in [0.1, 0.15) is 12.6 Å². The lowest BCUT2D eigenvalue weighted by molar-refractivity contribution is 0.319. The van der Waals surface area contributed by atoms with Crippen LogP contribution in [0.5, 0.6) is 0 Å². The number of nitrogens with zero attached hydrogens (tertiary/aromatic N) is 2. The van der Waals surface area contributed by atoms with Crippen LogP contribution in [-0.2, 0) is 10.2 Å². The van der Waals surface area contributed by atoms with Gasteiger partial charge in [-0.3, -0.25) is 0 Å². The molecule has 1 rings (SSSR count). The maximum absolute atomic E-state index is 11.1. The van der Waals surface area contributed by atoms with Gasteiger partial charge in [0, 0.05) is 12.4 Å². The van der Waals surface area contributed by atoms with E-state index >= 15 is 0 Å². The van der Waals surface area contributed by atoms with Crippen molar-refractivity contribution in [2.75, 3.05) is 11.8 Å². The number of hydrogen-bond acceptors (Lipinski definition) is 6. The standard InChI is InChI=1S/C6H10N4O3S2/c1-4(9-11)5-3-14-6(8-5)10-15(12,13)7-2/h3,7,11H,1-2H3,(H,8,10). The summed E-state index contributed by atoms with van der Waals surface area (Å²) in [6.07, 6.45) is 0. The molecule has 15 heavy (non-hydrogen) atoms. The summed E-state index contributed by atoms with van der Waals surface area (Å²) in [6, 6.07) is 0. The van der Waals surface area contributed by atoms with Crippen LogP contribution in [0.4, 0.5) is 5.13 Å². The zero-order chi connectivity index (χ0) is 11.5. The fourth-order valence-corrected chi connectivity index (χ4v) is 2.20. The molecule has 1 heterocycles. The Kier molecular flexibility index (Phi) is 3.61. The molecule has 0 aliphatic carbocycles. The van der Waals surface area contributed by atoms with E-state index in [2.05, 4.69) is 19.6 Å². The summed E-state index contributed by atoms with van der Waals surface area (Å²) in [4.78, 5) is 3.91. The van der Waals surface area contributed by atoms with E-state index in [1.807, 2.05) is 0 Å². The Morgan fingerprint density at radius 3 is 2.87 bits per heavy atom. The lowest BCUT2D eigenvalue weighted by atomic mass is 10.3. The van der Waals surface area contributed by atoms with Crippen molar-refractivity contribution in [3.05, 3.63) is 11.1 Å². The molecule has 0 atom stereocenters. The van der Waals surface area contributed by atoms with Crippen molar-refractivity contribution in [3.8, 4) is 0 Å². The van der Waals surface area contributed by atoms with Crippen molar-refractivity contribution in [2.45, 2.75) is 6.92 Å². The van der Waals surface area contributed by atoms with Crippen molar-refractivity contribution in [1.29, 1.82) is 0 Å². The second-order valence-corrected chi connectivity index (χ2v) is 5.01. The molecule has 1 aromatic rings. The molecular weight excluding hydrogens is 240 g/mol. The van der Waals surface area contributed by atoms with Crippen LogP contribution in [0.2, 0.25) is 0 Å². The first-order chi connectivity index (χ1) is 6.98. The van der Waals surface area contributed by atoms with Gasteiger partial charge in [0.2, 0.25) is 0 Å². The van der Waals surface area contributed by atoms with Gasteiger partial charge in [0.05, 0.1) is 0 Å². The van der Waals surface area contributed by atoms with Gasteiger partial charge in [0.25, 0.3) is 0 Å². The number of oxime groups is 1. The van der Waals surface area contributed by atoms with Gasteiger partial charge in [-0.05, 0) is 6.92 Å². The molecule has 1 aromatic heterocycles. The van der Waals surface area contributed by atoms with Crippen LogP contribution in [0.15, 0.2) is 10.5 Å². The van der Waals surface area contributed by atoms with Crippen LogP contribution in [0.25, 0.3) is 0 Å². The Morgan fingerprint density at radius 2 is 2.33 bits per heavy atom. The molecule has 0 aliphatic heterocycles. The van der Waals surface area contributed by atoms with E-state index in [1.165, 1.54) is 7.05 Å². The van der Waals surface area contributed by atoms with E-state index in [1.54, 1.807) is 12.3 Å². The molecule has 0 unspecified atom stereocenters. The lowest BCUT2D eigenvalue weighted by Gasteiger charge is -2.01. The van der Waals surface area contributed by atoms with Crippen molar-refractivity contribution >= 4 is 32.4 Å². The van der Waals surface area contributed by atoms with Gasteiger partial charge in [-0.1, -0.05) is 5.16 Å². The minimum atomic E-state index is -3.55. The summed E-state index contributed by atoms with van der Waals surface area (Å²) >= 11 is 1.10. The summed E-state index contributed by atoms with van der Waals surface area (Å²) < 4.78 is 26.5. The Bertz CT molecular complexity index is 464. The first-order valence-corrected chi connectivity index (χ1v) is 6.20. The van der Waals surface area contributed by atoms with Crippen molar-refractivity contribution in [3.63, 3.8) is 0 Å². The van der Waals surface area contributed by atoms with Gasteiger partial charge < -0.3 is 5.21 Å². The highest BCUT2D eigenvalue weighted by atomic mass is 32.2. The van der Waals surface area contributed by atoms with Gasteiger partial charge >= 0.3 is 10.2 Å². The molecule has 0 spiro atoms. The molecule has 0 aliphatic rings. The summed E-state index contributed by atoms with van der Waals surface area (Å²) in [5.74, 6) is 0. The molecule has 0 amide bonds. The largest absolute Gasteiger partial charge is 0.411 e. The van der Waals surface area contributed by atoms with Crippen LogP contribution in [0, 0.1) is 0 Å². The van der Waals surface area contributed by atoms with Gasteiger partial charge in [0.15, 0.2) is 5.13 Å². The fraction of sp³-hybridized carbons (Fsp3) is 0.333. The van der Waals surface area contributed by atoms with E-state index in [0.29, 0.717) is 11.4 Å². The van der Waals surface area contributed by atoms with Crippen LogP contribution >= 0.6 is 11.3 Å². The maximum atomic E-state index is 11.1. The van der Waals surface area contributed by atoms with Gasteiger partial charge in [-0.15, -0.1) is 11.3 Å². The summed E-state index contributed by atoms with van der Waals surface area (Å²) in [5, 5.41) is 13.2. The average molecular weight is 250 g/mol. The third-order valence-electron chi connectivity index (χ3n) is 1.52. The molecule has 0 radical (unpaired) electrons. The zero-order valence-corrected chi connectivity index (χ0v) is 9.68. The highest BCUT2D eigenvalue weighted by molar-refractivity contribution is 7.91. The molecule has 84 valence electrons. The van der Waals surface area contributed by atoms with Crippen molar-refractivity contribution in [1.82, 2.24) is 9.71 Å². The van der Waals surface area contributed by atoms with E-state index in [4.69, 9.17) is 5.21 Å². The zero-order valence-electron chi connectivity index (χ0n) is 8.05. The Hall–Kier alpha value is -1.19. The molecule has 0 aromatic carbocycles. The molecule has 0 bridgehead atoms. The summed E-state index contributed by atoms with van der Waals surface area (Å²) in [6.45, 7) is 1.56. The van der Waals surface area contributed by atoms with Crippen LogP contribution in [0.3, 0.4) is 0 Å². The minimum Gasteiger partial charge on any atom is -0.411 e. The van der Waals surface area contributed by atoms with Crippen molar-refractivity contribution in [2.24, 2.45) is 5.16 Å². The lowest BCUT2D eigenvalue weighted by Crippen LogP contribution is -2.26. The molecule has 7 nitrogen and oxygen atoms in total. The molecule has 0 saturated carbocycles. The van der Waals surface area contributed by atoms with Gasteiger partial charge in [-0.2, -0.15) is 8.42 Å². The van der Waals surface area contributed by atoms with Gasteiger partial charge in [-0.25, -0.2) is 14.4 Å². The van der Waals surface area contributed by atoms with Crippen LogP contribution in [-0.4, -0.2) is 31.4 Å². The SMILES string of the molecule is CNS(=O)(=O)Nc1nc(C(C)=NO)cs1. The number of anilines is 1. The number of hydrogen-bond donors (Lipinski definition) is 3. The fourth-order valence-electron chi connectivity index (χ4n) is 0.704. The quantitative estimate of drug-likeness (QED) is 0.404. The Balaban J connectivity index is 2.87. The maximum Gasteiger partial charge on any atom is 0.300 e. The predicted octanol–water partition coefficient (Wildman–Crippen LogP) is 0.217. The second-order valence-electron chi connectivity index (χ2n) is 2.53. The molecule has 0 saturated heterocycles. The average Bonchev–Trinajstić information content (AvgIpc) is 2.64. The highest BCUT2D eigenvalue weighted by Crippen LogP contribution is 2.16. The molecule has 3 N–H and O–H groups in total. The van der Waals surface area contributed by atoms with E-state index < -0.39 is 10.2 Å². The topological polar surface area (TPSA) is 104 Å². The molecule has 9 heteroatoms. The van der Waals surface area contributed by atoms with E-state index in [0.717, 1.165) is 11.3 Å². The van der Waals surface area contributed by atoms with E-state index in [9.17, 15) is 8.42 Å². The second kappa shape index (κ2) is 4.55. The van der Waals surface area contributed by atoms with E-state index in [-0.39, 0.29) is 5.13 Å². The Labute approximate surface area is 91.0 Å². The smallest absolute Gasteiger partial charge is 0.300 e. The molecule has 0 fully saturated rings. The summed E-state index contributed by atoms with van der Waals surface area (Å²) in [7, 11) is -2.26. The van der Waals surface area contributed by atoms with Crippen molar-refractivity contribution < 1.29 is 13.6 Å². The first kappa shape index (κ1) is 11.9. The minimum absolute atomic E-state index is 0.211. The van der Waals surface area contributed by atoms with Gasteiger partial charge in [0.1, 0.15) is 11.4 Å². The number of nitrogens with one attached hydrogen (secondary N) is 2. The third kappa shape index (κ3) is 3.15. The third-order valence-corrected chi connectivity index (χ3v) is 3.40. The normalized spacial score (nSPS) is 12.8. The molecular formula is C6H10N4O3S2. The summed E-state index contributed by atoms with van der Waals surface area (Å²) in [5.41, 5.74) is 0.748. The Morgan fingerprint density at radius 1 is 1.67 bits per heavy atom. The first-order valence-electron chi connectivity index (χ1n) is 3.84. The van der Waals surface area contributed by atoms with Crippen LogP contribution < -0.4 is 9.44 Å². The monoisotopic (exact) mass is 250 g/mol. The predicted molar refractivity (Wildman–Crippen MR) is 57.7 cm³/mol. The number of aromatic nitrogens is 1.